The zero-order valence-electron chi connectivity index (χ0n) is 11.3. The molecule has 2 aromatic heterocycles. The maximum atomic E-state index is 12.1. The van der Waals surface area contributed by atoms with Crippen molar-refractivity contribution in [3.05, 3.63) is 52.8 Å². The summed E-state index contributed by atoms with van der Waals surface area (Å²) in [5, 5.41) is 7.22. The van der Waals surface area contributed by atoms with E-state index in [-0.39, 0.29) is 11.5 Å². The largest absolute Gasteiger partial charge is 0.322 e. The molecule has 3 aromatic rings. The monoisotopic (exact) mass is 283 g/mol. The van der Waals surface area contributed by atoms with Crippen LogP contribution in [-0.4, -0.2) is 25.7 Å². The molecule has 1 aromatic carbocycles. The van der Waals surface area contributed by atoms with Gasteiger partial charge in [-0.05, 0) is 25.1 Å². The van der Waals surface area contributed by atoms with E-state index >= 15 is 0 Å². The Morgan fingerprint density at radius 3 is 3.05 bits per heavy atom. The number of rotatable bonds is 3. The first-order valence-electron chi connectivity index (χ1n) is 6.48. The van der Waals surface area contributed by atoms with Gasteiger partial charge in [0.25, 0.3) is 11.5 Å². The lowest BCUT2D eigenvalue weighted by Gasteiger charge is -2.04. The van der Waals surface area contributed by atoms with E-state index < -0.39 is 0 Å². The van der Waals surface area contributed by atoms with Crippen LogP contribution in [-0.2, 0) is 6.54 Å². The number of nitrogens with one attached hydrogen (secondary N) is 2. The Balaban J connectivity index is 1.89. The first-order valence-corrected chi connectivity index (χ1v) is 6.48. The number of carbonyl (C=O) groups is 1. The van der Waals surface area contributed by atoms with Crippen molar-refractivity contribution in [3.63, 3.8) is 0 Å². The van der Waals surface area contributed by atoms with Crippen molar-refractivity contribution in [2.75, 3.05) is 5.32 Å². The molecule has 2 N–H and O–H groups in total. The van der Waals surface area contributed by atoms with Gasteiger partial charge in [0, 0.05) is 18.4 Å². The summed E-state index contributed by atoms with van der Waals surface area (Å²) in [5.74, 6) is -0.269. The Labute approximate surface area is 119 Å². The van der Waals surface area contributed by atoms with Crippen LogP contribution in [0.25, 0.3) is 10.9 Å². The van der Waals surface area contributed by atoms with Crippen LogP contribution in [0.4, 0.5) is 5.69 Å². The van der Waals surface area contributed by atoms with E-state index in [9.17, 15) is 9.59 Å². The lowest BCUT2D eigenvalue weighted by Crippen LogP contribution is -2.12. The molecule has 0 atom stereocenters. The molecule has 0 radical (unpaired) electrons. The fourth-order valence-electron chi connectivity index (χ4n) is 2.00. The highest BCUT2D eigenvalue weighted by atomic mass is 16.1. The second-order valence-corrected chi connectivity index (χ2v) is 4.50. The van der Waals surface area contributed by atoms with Crippen molar-refractivity contribution in [1.29, 1.82) is 0 Å². The van der Waals surface area contributed by atoms with Crippen LogP contribution >= 0.6 is 0 Å². The van der Waals surface area contributed by atoms with Gasteiger partial charge in [-0.3, -0.25) is 14.3 Å². The van der Waals surface area contributed by atoms with Crippen LogP contribution in [0.3, 0.4) is 0 Å². The molecule has 0 bridgehead atoms. The number of benzene rings is 1. The highest BCUT2D eigenvalue weighted by Gasteiger charge is 2.09. The summed E-state index contributed by atoms with van der Waals surface area (Å²) < 4.78 is 1.67. The first-order chi connectivity index (χ1) is 10.2. The summed E-state index contributed by atoms with van der Waals surface area (Å²) in [7, 11) is 0. The average Bonchev–Trinajstić information content (AvgIpc) is 2.97. The number of aromatic nitrogens is 4. The second kappa shape index (κ2) is 5.20. The molecule has 0 spiro atoms. The number of carbonyl (C=O) groups excluding carboxylic acids is 1. The molecule has 0 saturated heterocycles. The van der Waals surface area contributed by atoms with E-state index in [1.54, 1.807) is 29.1 Å². The highest BCUT2D eigenvalue weighted by Crippen LogP contribution is 2.15. The Kier molecular flexibility index (Phi) is 3.23. The number of aryl methyl sites for hydroxylation is 1. The Morgan fingerprint density at radius 1 is 1.43 bits per heavy atom. The van der Waals surface area contributed by atoms with Gasteiger partial charge in [0.1, 0.15) is 0 Å². The molecule has 106 valence electrons. The normalized spacial score (nSPS) is 10.7. The van der Waals surface area contributed by atoms with Crippen molar-refractivity contribution in [2.45, 2.75) is 13.5 Å². The maximum Gasteiger partial charge on any atom is 0.258 e. The Hall–Kier alpha value is -2.96. The molecule has 0 aliphatic carbocycles. The average molecular weight is 283 g/mol. The number of hydrogen-bond acceptors (Lipinski definition) is 4. The van der Waals surface area contributed by atoms with Crippen molar-refractivity contribution < 1.29 is 4.79 Å². The molecule has 0 unspecified atom stereocenters. The van der Waals surface area contributed by atoms with Gasteiger partial charge in [-0.2, -0.15) is 5.10 Å². The van der Waals surface area contributed by atoms with Gasteiger partial charge in [-0.1, -0.05) is 0 Å². The molecule has 21 heavy (non-hydrogen) atoms. The van der Waals surface area contributed by atoms with E-state index in [2.05, 4.69) is 20.4 Å². The minimum Gasteiger partial charge on any atom is -0.322 e. The molecule has 0 aliphatic heterocycles. The third-order valence-electron chi connectivity index (χ3n) is 3.12. The predicted molar refractivity (Wildman–Crippen MR) is 78.2 cm³/mol. The molecule has 1 amide bonds. The number of anilines is 1. The predicted octanol–water partition coefficient (Wildman–Crippen LogP) is 1.39. The lowest BCUT2D eigenvalue weighted by atomic mass is 10.2. The van der Waals surface area contributed by atoms with Crippen molar-refractivity contribution in [1.82, 2.24) is 19.7 Å². The van der Waals surface area contributed by atoms with E-state index in [0.717, 1.165) is 0 Å². The summed E-state index contributed by atoms with van der Waals surface area (Å²) >= 11 is 0. The van der Waals surface area contributed by atoms with Gasteiger partial charge in [-0.25, -0.2) is 4.98 Å². The fourth-order valence-corrected chi connectivity index (χ4v) is 2.00. The van der Waals surface area contributed by atoms with Crippen LogP contribution in [0.1, 0.15) is 17.3 Å². The van der Waals surface area contributed by atoms with Gasteiger partial charge < -0.3 is 10.3 Å². The molecule has 7 nitrogen and oxygen atoms in total. The minimum absolute atomic E-state index is 0.241. The number of amides is 1. The number of nitrogens with zero attached hydrogens (tertiary/aromatic N) is 3. The standard InChI is InChI=1S/C14H13N5O2/c1-2-19-7-9(6-17-19)13(20)18-10-3-4-12-11(5-10)14(21)16-8-15-12/h3-8H,2H2,1H3,(H,18,20)(H,15,16,21). The summed E-state index contributed by atoms with van der Waals surface area (Å²) in [5.41, 5.74) is 1.35. The summed E-state index contributed by atoms with van der Waals surface area (Å²) in [6.45, 7) is 2.64. The lowest BCUT2D eigenvalue weighted by molar-refractivity contribution is 0.102. The van der Waals surface area contributed by atoms with Crippen LogP contribution < -0.4 is 10.9 Å². The van der Waals surface area contributed by atoms with Gasteiger partial charge in [0.05, 0.1) is 29.0 Å². The molecule has 7 heteroatoms. The number of fused-ring (bicyclic) bond motifs is 1. The van der Waals surface area contributed by atoms with Crippen LogP contribution in [0, 0.1) is 0 Å². The van der Waals surface area contributed by atoms with Crippen LogP contribution in [0.15, 0.2) is 41.7 Å². The molecule has 3 rings (SSSR count). The molecule has 0 fully saturated rings. The third-order valence-corrected chi connectivity index (χ3v) is 3.12. The zero-order chi connectivity index (χ0) is 14.8. The van der Waals surface area contributed by atoms with E-state index in [1.165, 1.54) is 12.5 Å². The number of hydrogen-bond donors (Lipinski definition) is 2. The van der Waals surface area contributed by atoms with Crippen LogP contribution in [0.5, 0.6) is 0 Å². The minimum atomic E-state index is -0.269. The van der Waals surface area contributed by atoms with Gasteiger partial charge in [0.15, 0.2) is 0 Å². The van der Waals surface area contributed by atoms with E-state index in [4.69, 9.17) is 0 Å². The van der Waals surface area contributed by atoms with Gasteiger partial charge in [-0.15, -0.1) is 0 Å². The van der Waals surface area contributed by atoms with Gasteiger partial charge in [0.2, 0.25) is 0 Å². The first kappa shape index (κ1) is 13.0. The fraction of sp³-hybridized carbons (Fsp3) is 0.143. The highest BCUT2D eigenvalue weighted by molar-refractivity contribution is 6.04. The maximum absolute atomic E-state index is 12.1. The smallest absolute Gasteiger partial charge is 0.258 e. The third kappa shape index (κ3) is 2.53. The number of H-pyrrole nitrogens is 1. The Bertz CT molecular complexity index is 865. The molecule has 2 heterocycles. The molecule has 0 saturated carbocycles. The SMILES string of the molecule is CCn1cc(C(=O)Nc2ccc3nc[nH]c(=O)c3c2)cn1. The van der Waals surface area contributed by atoms with E-state index in [0.29, 0.717) is 28.7 Å². The second-order valence-electron chi connectivity index (χ2n) is 4.50. The van der Waals surface area contributed by atoms with Crippen molar-refractivity contribution in [2.24, 2.45) is 0 Å². The van der Waals surface area contributed by atoms with Crippen molar-refractivity contribution in [3.8, 4) is 0 Å². The Morgan fingerprint density at radius 2 is 2.29 bits per heavy atom. The van der Waals surface area contributed by atoms with Gasteiger partial charge >= 0.3 is 0 Å². The van der Waals surface area contributed by atoms with Crippen molar-refractivity contribution >= 4 is 22.5 Å². The number of aromatic amines is 1. The quantitative estimate of drug-likeness (QED) is 0.759. The van der Waals surface area contributed by atoms with E-state index in [1.807, 2.05) is 6.92 Å². The molecular weight excluding hydrogens is 270 g/mol. The summed E-state index contributed by atoms with van der Waals surface area (Å²) in [6, 6.07) is 5.00. The summed E-state index contributed by atoms with van der Waals surface area (Å²) in [6.07, 6.45) is 4.53. The molecular formula is C14H13N5O2. The zero-order valence-corrected chi connectivity index (χ0v) is 11.3. The summed E-state index contributed by atoms with van der Waals surface area (Å²) in [4.78, 5) is 30.4. The van der Waals surface area contributed by atoms with Crippen LogP contribution in [0.2, 0.25) is 0 Å². The molecule has 0 aliphatic rings. The topological polar surface area (TPSA) is 92.7 Å².